The molecule has 0 amide bonds. The molecular formula is C10H9BrO3. The van der Waals surface area contributed by atoms with Crippen molar-refractivity contribution in [3.05, 3.63) is 34.8 Å². The van der Waals surface area contributed by atoms with Crippen molar-refractivity contribution in [3.63, 3.8) is 0 Å². The highest BCUT2D eigenvalue weighted by Crippen LogP contribution is 2.39. The van der Waals surface area contributed by atoms with E-state index in [-0.39, 0.29) is 6.79 Å². The summed E-state index contributed by atoms with van der Waals surface area (Å²) in [7, 11) is 0. The van der Waals surface area contributed by atoms with Gasteiger partial charge in [0, 0.05) is 10.0 Å². The molecule has 74 valence electrons. The SMILES string of the molecule is C=C[C@@H](O)c1cc2c(cc1Br)OCO2. The maximum absolute atomic E-state index is 9.60. The Morgan fingerprint density at radius 3 is 2.71 bits per heavy atom. The Morgan fingerprint density at radius 1 is 1.43 bits per heavy atom. The molecule has 1 aliphatic rings. The van der Waals surface area contributed by atoms with Gasteiger partial charge in [-0.25, -0.2) is 0 Å². The van der Waals surface area contributed by atoms with E-state index in [1.807, 2.05) is 0 Å². The molecule has 0 spiro atoms. The quantitative estimate of drug-likeness (QED) is 0.827. The highest BCUT2D eigenvalue weighted by Gasteiger charge is 2.18. The first-order valence-corrected chi connectivity index (χ1v) is 4.91. The second-order valence-electron chi connectivity index (χ2n) is 2.91. The number of fused-ring (bicyclic) bond motifs is 1. The molecule has 3 nitrogen and oxygen atoms in total. The molecule has 1 aliphatic heterocycles. The van der Waals surface area contributed by atoms with Gasteiger partial charge >= 0.3 is 0 Å². The average molecular weight is 257 g/mol. The highest BCUT2D eigenvalue weighted by molar-refractivity contribution is 9.10. The van der Waals surface area contributed by atoms with Gasteiger partial charge in [-0.15, -0.1) is 6.58 Å². The number of rotatable bonds is 2. The van der Waals surface area contributed by atoms with Crippen molar-refractivity contribution in [2.75, 3.05) is 6.79 Å². The number of hydrogen-bond acceptors (Lipinski definition) is 3. The van der Waals surface area contributed by atoms with E-state index in [2.05, 4.69) is 22.5 Å². The molecule has 1 atom stereocenters. The smallest absolute Gasteiger partial charge is 0.231 e. The van der Waals surface area contributed by atoms with Gasteiger partial charge in [0.15, 0.2) is 11.5 Å². The lowest BCUT2D eigenvalue weighted by Gasteiger charge is -2.09. The third kappa shape index (κ3) is 1.51. The van der Waals surface area contributed by atoms with Crippen LogP contribution >= 0.6 is 15.9 Å². The molecular weight excluding hydrogens is 248 g/mol. The van der Waals surface area contributed by atoms with Gasteiger partial charge in [-0.1, -0.05) is 22.0 Å². The highest BCUT2D eigenvalue weighted by atomic mass is 79.9. The van der Waals surface area contributed by atoms with E-state index in [4.69, 9.17) is 9.47 Å². The van der Waals surface area contributed by atoms with E-state index >= 15 is 0 Å². The van der Waals surface area contributed by atoms with Crippen LogP contribution < -0.4 is 9.47 Å². The van der Waals surface area contributed by atoms with E-state index < -0.39 is 6.10 Å². The van der Waals surface area contributed by atoms with E-state index in [0.29, 0.717) is 11.5 Å². The molecule has 1 N–H and O–H groups in total. The van der Waals surface area contributed by atoms with Gasteiger partial charge in [0.05, 0.1) is 6.10 Å². The molecule has 1 aromatic carbocycles. The van der Waals surface area contributed by atoms with Crippen LogP contribution in [0.4, 0.5) is 0 Å². The second-order valence-corrected chi connectivity index (χ2v) is 3.76. The minimum atomic E-state index is -0.695. The van der Waals surface area contributed by atoms with Crippen molar-refractivity contribution in [2.24, 2.45) is 0 Å². The Labute approximate surface area is 90.1 Å². The molecule has 0 aliphatic carbocycles. The molecule has 0 saturated heterocycles. The Balaban J connectivity index is 2.47. The summed E-state index contributed by atoms with van der Waals surface area (Å²) in [5.41, 5.74) is 0.726. The summed E-state index contributed by atoms with van der Waals surface area (Å²) in [5.74, 6) is 1.35. The number of ether oxygens (including phenoxy) is 2. The molecule has 2 rings (SSSR count). The van der Waals surface area contributed by atoms with Crippen molar-refractivity contribution < 1.29 is 14.6 Å². The maximum Gasteiger partial charge on any atom is 0.231 e. The third-order valence-electron chi connectivity index (χ3n) is 2.03. The van der Waals surface area contributed by atoms with Crippen molar-refractivity contribution in [1.82, 2.24) is 0 Å². The Bertz CT molecular complexity index is 376. The fourth-order valence-electron chi connectivity index (χ4n) is 1.29. The number of hydrogen-bond donors (Lipinski definition) is 1. The van der Waals surface area contributed by atoms with E-state index in [0.717, 1.165) is 10.0 Å². The zero-order valence-electron chi connectivity index (χ0n) is 7.37. The Hall–Kier alpha value is -1.00. The van der Waals surface area contributed by atoms with Crippen LogP contribution in [0.25, 0.3) is 0 Å². The Kier molecular flexibility index (Phi) is 2.48. The molecule has 14 heavy (non-hydrogen) atoms. The van der Waals surface area contributed by atoms with Crippen molar-refractivity contribution in [2.45, 2.75) is 6.10 Å². The lowest BCUT2D eigenvalue weighted by Crippen LogP contribution is -1.94. The van der Waals surface area contributed by atoms with Gasteiger partial charge in [0.1, 0.15) is 0 Å². The van der Waals surface area contributed by atoms with Gasteiger partial charge in [-0.05, 0) is 12.1 Å². The largest absolute Gasteiger partial charge is 0.454 e. The summed E-state index contributed by atoms with van der Waals surface area (Å²) >= 11 is 3.35. The monoisotopic (exact) mass is 256 g/mol. The minimum absolute atomic E-state index is 0.232. The first-order valence-electron chi connectivity index (χ1n) is 4.12. The first-order chi connectivity index (χ1) is 6.72. The van der Waals surface area contributed by atoms with Gasteiger partial charge in [0.2, 0.25) is 6.79 Å². The van der Waals surface area contributed by atoms with Crippen molar-refractivity contribution in [1.29, 1.82) is 0 Å². The maximum atomic E-state index is 9.60. The molecule has 1 heterocycles. The fourth-order valence-corrected chi connectivity index (χ4v) is 1.84. The van der Waals surface area contributed by atoms with Gasteiger partial charge in [-0.3, -0.25) is 0 Å². The molecule has 0 aromatic heterocycles. The molecule has 0 saturated carbocycles. The zero-order chi connectivity index (χ0) is 10.1. The van der Waals surface area contributed by atoms with Crippen LogP contribution in [0.2, 0.25) is 0 Å². The predicted octanol–water partition coefficient (Wildman–Crippen LogP) is 2.40. The van der Waals surface area contributed by atoms with Crippen molar-refractivity contribution in [3.8, 4) is 11.5 Å². The predicted molar refractivity (Wildman–Crippen MR) is 55.4 cm³/mol. The lowest BCUT2D eigenvalue weighted by molar-refractivity contribution is 0.173. The average Bonchev–Trinajstić information content (AvgIpc) is 2.62. The standard InChI is InChI=1S/C10H9BrO3/c1-2-8(12)6-3-9-10(4-7(6)11)14-5-13-9/h2-4,8,12H,1,5H2/t8-/m1/s1. The third-order valence-corrected chi connectivity index (χ3v) is 2.72. The summed E-state index contributed by atoms with van der Waals surface area (Å²) < 4.78 is 11.2. The number of aliphatic hydroxyl groups is 1. The molecule has 0 fully saturated rings. The van der Waals surface area contributed by atoms with Crippen LogP contribution in [0.1, 0.15) is 11.7 Å². The molecule has 4 heteroatoms. The molecule has 0 radical (unpaired) electrons. The van der Waals surface area contributed by atoms with E-state index in [1.165, 1.54) is 6.08 Å². The molecule has 0 unspecified atom stereocenters. The summed E-state index contributed by atoms with van der Waals surface area (Å²) in [6.45, 7) is 3.76. The summed E-state index contributed by atoms with van der Waals surface area (Å²) in [6, 6.07) is 3.53. The van der Waals surface area contributed by atoms with Crippen molar-refractivity contribution >= 4 is 15.9 Å². The zero-order valence-corrected chi connectivity index (χ0v) is 8.95. The van der Waals surface area contributed by atoms with Crippen LogP contribution in [0, 0.1) is 0 Å². The number of aliphatic hydroxyl groups excluding tert-OH is 1. The molecule has 1 aromatic rings. The topological polar surface area (TPSA) is 38.7 Å². The van der Waals surface area contributed by atoms with Gasteiger partial charge in [0.25, 0.3) is 0 Å². The summed E-state index contributed by atoms with van der Waals surface area (Å²) in [6.07, 6.45) is 0.765. The minimum Gasteiger partial charge on any atom is -0.454 e. The fraction of sp³-hybridized carbons (Fsp3) is 0.200. The van der Waals surface area contributed by atoms with E-state index in [9.17, 15) is 5.11 Å². The van der Waals surface area contributed by atoms with Gasteiger partial charge in [-0.2, -0.15) is 0 Å². The number of halogens is 1. The van der Waals surface area contributed by atoms with Crippen LogP contribution in [0.15, 0.2) is 29.3 Å². The number of benzene rings is 1. The van der Waals surface area contributed by atoms with Crippen LogP contribution in [0.3, 0.4) is 0 Å². The van der Waals surface area contributed by atoms with E-state index in [1.54, 1.807) is 12.1 Å². The normalized spacial score (nSPS) is 15.3. The summed E-state index contributed by atoms with van der Waals surface area (Å²) in [5, 5.41) is 9.60. The second kappa shape index (κ2) is 3.63. The lowest BCUT2D eigenvalue weighted by atomic mass is 10.1. The molecule has 0 bridgehead atoms. The Morgan fingerprint density at radius 2 is 2.07 bits per heavy atom. The summed E-state index contributed by atoms with van der Waals surface area (Å²) in [4.78, 5) is 0. The van der Waals surface area contributed by atoms with Gasteiger partial charge < -0.3 is 14.6 Å². The van der Waals surface area contributed by atoms with Crippen LogP contribution in [0.5, 0.6) is 11.5 Å². The van der Waals surface area contributed by atoms with Crippen LogP contribution in [-0.4, -0.2) is 11.9 Å². The van der Waals surface area contributed by atoms with Crippen LogP contribution in [-0.2, 0) is 0 Å². The first kappa shape index (κ1) is 9.55.